The van der Waals surface area contributed by atoms with Crippen molar-refractivity contribution in [2.75, 3.05) is 0 Å². The number of imide groups is 1. The van der Waals surface area contributed by atoms with Crippen LogP contribution in [0.1, 0.15) is 11.1 Å². The summed E-state index contributed by atoms with van der Waals surface area (Å²) in [6, 6.07) is 8.82. The van der Waals surface area contributed by atoms with Gasteiger partial charge in [-0.15, -0.1) is 0 Å². The Morgan fingerprint density at radius 1 is 1.15 bits per heavy atom. The summed E-state index contributed by atoms with van der Waals surface area (Å²) in [7, 11) is 0. The van der Waals surface area contributed by atoms with Crippen LogP contribution in [-0.4, -0.2) is 21.0 Å². The van der Waals surface area contributed by atoms with Crippen molar-refractivity contribution < 1.29 is 24.0 Å². The van der Waals surface area contributed by atoms with Crippen LogP contribution < -0.4 is 5.11 Å². The van der Waals surface area contributed by atoms with Crippen molar-refractivity contribution in [2.45, 2.75) is 6.54 Å². The molecule has 0 N–H and O–H groups in total. The molecule has 3 rings (SSSR count). The van der Waals surface area contributed by atoms with Crippen LogP contribution in [0, 0.1) is 15.9 Å². The minimum absolute atomic E-state index is 0.0120. The molecule has 1 aliphatic rings. The van der Waals surface area contributed by atoms with Crippen molar-refractivity contribution in [1.82, 2.24) is 4.90 Å². The minimum Gasteiger partial charge on any atom is -0.868 e. The lowest BCUT2D eigenvalue weighted by atomic mass is 10.1. The van der Waals surface area contributed by atoms with Gasteiger partial charge in [0.25, 0.3) is 16.8 Å². The van der Waals surface area contributed by atoms with Crippen LogP contribution in [0.3, 0.4) is 0 Å². The molecule has 9 heteroatoms. The van der Waals surface area contributed by atoms with E-state index < -0.39 is 33.3 Å². The molecule has 26 heavy (non-hydrogen) atoms. The van der Waals surface area contributed by atoms with Crippen molar-refractivity contribution in [1.29, 1.82) is 0 Å². The Morgan fingerprint density at radius 3 is 2.50 bits per heavy atom. The number of benzene rings is 2. The Hall–Kier alpha value is -3.20. The number of nitrogens with zero attached hydrogens (tertiary/aromatic N) is 2. The van der Waals surface area contributed by atoms with Crippen LogP contribution in [0.4, 0.5) is 14.9 Å². The average Bonchev–Trinajstić information content (AvgIpc) is 2.85. The van der Waals surface area contributed by atoms with Crippen LogP contribution in [0.25, 0.3) is 6.08 Å². The molecule has 1 aliphatic heterocycles. The van der Waals surface area contributed by atoms with Crippen LogP contribution in [-0.2, 0) is 11.3 Å². The third kappa shape index (κ3) is 3.57. The second-order valence-electron chi connectivity index (χ2n) is 5.38. The van der Waals surface area contributed by atoms with Crippen LogP contribution in [0.2, 0.25) is 0 Å². The van der Waals surface area contributed by atoms with E-state index in [9.17, 15) is 29.2 Å². The molecule has 1 saturated heterocycles. The molecule has 0 aliphatic carbocycles. The Balaban J connectivity index is 1.84. The predicted molar refractivity (Wildman–Crippen MR) is 90.5 cm³/mol. The van der Waals surface area contributed by atoms with Crippen LogP contribution >= 0.6 is 11.8 Å². The summed E-state index contributed by atoms with van der Waals surface area (Å²) in [5.41, 5.74) is 0.245. The largest absolute Gasteiger partial charge is 0.868 e. The van der Waals surface area contributed by atoms with E-state index in [-0.39, 0.29) is 17.0 Å². The van der Waals surface area contributed by atoms with Gasteiger partial charge in [-0.05, 0) is 46.8 Å². The molecule has 0 radical (unpaired) electrons. The molecule has 0 spiro atoms. The van der Waals surface area contributed by atoms with Crippen molar-refractivity contribution in [2.24, 2.45) is 0 Å². The monoisotopic (exact) mass is 373 g/mol. The molecule has 1 heterocycles. The number of amides is 2. The Kier molecular flexibility index (Phi) is 4.72. The molecular weight excluding hydrogens is 363 g/mol. The first-order valence-corrected chi connectivity index (χ1v) is 8.12. The molecule has 0 atom stereocenters. The highest BCUT2D eigenvalue weighted by Gasteiger charge is 2.35. The van der Waals surface area contributed by atoms with Gasteiger partial charge in [0, 0.05) is 6.07 Å². The first-order chi connectivity index (χ1) is 12.3. The number of carbonyl (C=O) groups is 2. The van der Waals surface area contributed by atoms with Gasteiger partial charge in [-0.2, -0.15) is 0 Å². The number of nitro benzene ring substituents is 1. The van der Waals surface area contributed by atoms with Crippen molar-refractivity contribution in [3.63, 3.8) is 0 Å². The Bertz CT molecular complexity index is 943. The summed E-state index contributed by atoms with van der Waals surface area (Å²) in [6.07, 6.45) is 1.32. The van der Waals surface area contributed by atoms with E-state index in [1.165, 1.54) is 36.4 Å². The van der Waals surface area contributed by atoms with Gasteiger partial charge in [0.05, 0.1) is 16.4 Å². The maximum absolute atomic E-state index is 12.9. The Labute approximate surface area is 150 Å². The lowest BCUT2D eigenvalue weighted by molar-refractivity contribution is -0.398. The van der Waals surface area contributed by atoms with Crippen LogP contribution in [0.15, 0.2) is 47.4 Å². The third-order valence-electron chi connectivity index (χ3n) is 3.60. The molecule has 0 aromatic heterocycles. The van der Waals surface area contributed by atoms with E-state index >= 15 is 0 Å². The number of hydrogen-bond acceptors (Lipinski definition) is 6. The SMILES string of the molecule is O=C1S/C(=C\c2ccc([O-])c([N+](=O)[O-])c2)C(=O)N1Cc1ccc(F)cc1. The fourth-order valence-corrected chi connectivity index (χ4v) is 3.17. The van der Waals surface area contributed by atoms with Crippen molar-refractivity contribution >= 4 is 34.7 Å². The fourth-order valence-electron chi connectivity index (χ4n) is 2.33. The van der Waals surface area contributed by atoms with Gasteiger partial charge in [-0.1, -0.05) is 24.3 Å². The number of hydrogen-bond donors (Lipinski definition) is 0. The zero-order chi connectivity index (χ0) is 18.8. The first-order valence-electron chi connectivity index (χ1n) is 7.30. The summed E-state index contributed by atoms with van der Waals surface area (Å²) < 4.78 is 12.9. The Morgan fingerprint density at radius 2 is 1.85 bits per heavy atom. The molecule has 2 aromatic carbocycles. The average molecular weight is 373 g/mol. The molecule has 7 nitrogen and oxygen atoms in total. The molecule has 2 amide bonds. The van der Waals surface area contributed by atoms with Gasteiger partial charge < -0.3 is 5.11 Å². The highest BCUT2D eigenvalue weighted by atomic mass is 32.2. The van der Waals surface area contributed by atoms with Crippen molar-refractivity contribution in [3.8, 4) is 5.75 Å². The lowest BCUT2D eigenvalue weighted by Crippen LogP contribution is -2.27. The van der Waals surface area contributed by atoms with E-state index in [2.05, 4.69) is 0 Å². The zero-order valence-electron chi connectivity index (χ0n) is 13.0. The number of thioether (sulfide) groups is 1. The predicted octanol–water partition coefficient (Wildman–Crippen LogP) is 3.04. The van der Waals surface area contributed by atoms with Gasteiger partial charge >= 0.3 is 0 Å². The topological polar surface area (TPSA) is 104 Å². The van der Waals surface area contributed by atoms with Gasteiger partial charge in [0.1, 0.15) is 5.82 Å². The second kappa shape index (κ2) is 6.96. The fraction of sp³-hybridized carbons (Fsp3) is 0.0588. The maximum Gasteiger partial charge on any atom is 0.293 e. The molecule has 1 fully saturated rings. The first kappa shape index (κ1) is 17.6. The molecule has 0 bridgehead atoms. The van der Waals surface area contributed by atoms with Gasteiger partial charge in [0.15, 0.2) is 0 Å². The molecule has 0 unspecified atom stereocenters. The van der Waals surface area contributed by atoms with E-state index in [4.69, 9.17) is 0 Å². The summed E-state index contributed by atoms with van der Waals surface area (Å²) in [4.78, 5) is 35.6. The van der Waals surface area contributed by atoms with E-state index in [0.717, 1.165) is 17.0 Å². The standard InChI is InChI=1S/C17H11FN2O5S/c18-12-4-1-10(2-5-12)9-19-16(22)15(26-17(19)23)8-11-3-6-14(21)13(7-11)20(24)25/h1-8,21H,9H2/p-1/b15-8-. The summed E-state index contributed by atoms with van der Waals surface area (Å²) in [5, 5.41) is 21.8. The number of rotatable bonds is 4. The highest BCUT2D eigenvalue weighted by molar-refractivity contribution is 8.18. The smallest absolute Gasteiger partial charge is 0.293 e. The molecular formula is C17H10FN2O5S-. The number of halogens is 1. The van der Waals surface area contributed by atoms with Crippen molar-refractivity contribution in [3.05, 3.63) is 74.4 Å². The molecule has 0 saturated carbocycles. The van der Waals surface area contributed by atoms with Gasteiger partial charge in [0.2, 0.25) is 0 Å². The number of carbonyl (C=O) groups excluding carboxylic acids is 2. The summed E-state index contributed by atoms with van der Waals surface area (Å²) >= 11 is 0.694. The van der Waals surface area contributed by atoms with Gasteiger partial charge in [-0.25, -0.2) is 4.39 Å². The second-order valence-corrected chi connectivity index (χ2v) is 6.37. The van der Waals surface area contributed by atoms with E-state index in [1.54, 1.807) is 0 Å². The van der Waals surface area contributed by atoms with E-state index in [0.29, 0.717) is 17.3 Å². The van der Waals surface area contributed by atoms with E-state index in [1.807, 2.05) is 0 Å². The van der Waals surface area contributed by atoms with Gasteiger partial charge in [-0.3, -0.25) is 24.6 Å². The normalized spacial score (nSPS) is 15.7. The molecule has 132 valence electrons. The minimum atomic E-state index is -0.806. The highest BCUT2D eigenvalue weighted by Crippen LogP contribution is 2.34. The maximum atomic E-state index is 12.9. The lowest BCUT2D eigenvalue weighted by Gasteiger charge is -2.12. The summed E-state index contributed by atoms with van der Waals surface area (Å²) in [6.45, 7) is -0.0120. The third-order valence-corrected chi connectivity index (χ3v) is 4.51. The quantitative estimate of drug-likeness (QED) is 0.463. The van der Waals surface area contributed by atoms with Crippen LogP contribution in [0.5, 0.6) is 5.75 Å². The molecule has 2 aromatic rings. The number of nitro groups is 1. The summed E-state index contributed by atoms with van der Waals surface area (Å²) in [5.74, 6) is -1.72. The zero-order valence-corrected chi connectivity index (χ0v) is 13.9.